The molecule has 0 aliphatic rings. The number of ketones is 1. The lowest BCUT2D eigenvalue weighted by Crippen LogP contribution is -2.02. The molecule has 0 amide bonds. The van der Waals surface area contributed by atoms with E-state index in [4.69, 9.17) is 0 Å². The molecule has 0 bridgehead atoms. The van der Waals surface area contributed by atoms with Crippen LogP contribution >= 0.6 is 11.8 Å². The molecule has 0 aliphatic heterocycles. The minimum atomic E-state index is -0.238. The number of thioether (sulfide) groups is 1. The van der Waals surface area contributed by atoms with Crippen molar-refractivity contribution >= 4 is 17.5 Å². The second-order valence-electron chi connectivity index (χ2n) is 4.57. The SMILES string of the molecule is CC(C)CCCC(=O)CSc1ccc(F)cc1. The highest BCUT2D eigenvalue weighted by Crippen LogP contribution is 2.19. The van der Waals surface area contributed by atoms with Crippen molar-refractivity contribution in [3.8, 4) is 0 Å². The van der Waals surface area contributed by atoms with Crippen molar-refractivity contribution in [1.82, 2.24) is 0 Å². The third kappa shape index (κ3) is 6.47. The van der Waals surface area contributed by atoms with Gasteiger partial charge in [0.2, 0.25) is 0 Å². The smallest absolute Gasteiger partial charge is 0.143 e. The van der Waals surface area contributed by atoms with Gasteiger partial charge in [0, 0.05) is 11.3 Å². The van der Waals surface area contributed by atoms with E-state index in [1.807, 2.05) is 0 Å². The Balaban J connectivity index is 2.21. The lowest BCUT2D eigenvalue weighted by Gasteiger charge is -2.04. The number of halogens is 1. The van der Waals surface area contributed by atoms with Crippen LogP contribution in [0.4, 0.5) is 4.39 Å². The molecule has 0 saturated carbocycles. The summed E-state index contributed by atoms with van der Waals surface area (Å²) in [6, 6.07) is 6.26. The van der Waals surface area contributed by atoms with Crippen LogP contribution in [0, 0.1) is 11.7 Å². The number of carbonyl (C=O) groups excluding carboxylic acids is 1. The highest BCUT2D eigenvalue weighted by atomic mass is 32.2. The lowest BCUT2D eigenvalue weighted by molar-refractivity contribution is -0.116. The van der Waals surface area contributed by atoms with Gasteiger partial charge in [-0.1, -0.05) is 20.3 Å². The fourth-order valence-corrected chi connectivity index (χ4v) is 2.27. The minimum Gasteiger partial charge on any atom is -0.299 e. The molecule has 1 nitrogen and oxygen atoms in total. The highest BCUT2D eigenvalue weighted by Gasteiger charge is 2.04. The van der Waals surface area contributed by atoms with Crippen molar-refractivity contribution in [3.63, 3.8) is 0 Å². The van der Waals surface area contributed by atoms with Gasteiger partial charge >= 0.3 is 0 Å². The Labute approximate surface area is 107 Å². The van der Waals surface area contributed by atoms with Gasteiger partial charge in [0.15, 0.2) is 0 Å². The van der Waals surface area contributed by atoms with E-state index in [-0.39, 0.29) is 11.6 Å². The molecule has 17 heavy (non-hydrogen) atoms. The fraction of sp³-hybridized carbons (Fsp3) is 0.500. The zero-order valence-electron chi connectivity index (χ0n) is 10.4. The molecule has 1 rings (SSSR count). The van der Waals surface area contributed by atoms with Gasteiger partial charge in [-0.15, -0.1) is 11.8 Å². The molecule has 0 heterocycles. The molecule has 1 aromatic carbocycles. The first-order valence-corrected chi connectivity index (χ1v) is 6.96. The summed E-state index contributed by atoms with van der Waals surface area (Å²) in [5.41, 5.74) is 0. The van der Waals surface area contributed by atoms with Gasteiger partial charge in [0.1, 0.15) is 11.6 Å². The van der Waals surface area contributed by atoms with E-state index in [1.54, 1.807) is 12.1 Å². The highest BCUT2D eigenvalue weighted by molar-refractivity contribution is 8.00. The van der Waals surface area contributed by atoms with Crippen LogP contribution in [0.1, 0.15) is 33.1 Å². The molecule has 3 heteroatoms. The number of hydrogen-bond donors (Lipinski definition) is 0. The largest absolute Gasteiger partial charge is 0.299 e. The van der Waals surface area contributed by atoms with Crippen LogP contribution in [0.15, 0.2) is 29.2 Å². The zero-order chi connectivity index (χ0) is 12.7. The van der Waals surface area contributed by atoms with E-state index in [9.17, 15) is 9.18 Å². The van der Waals surface area contributed by atoms with E-state index in [2.05, 4.69) is 13.8 Å². The standard InChI is InChI=1S/C14H19FOS/c1-11(2)4-3-5-13(16)10-17-14-8-6-12(15)7-9-14/h6-9,11H,3-5,10H2,1-2H3. The second kappa shape index (κ2) is 7.49. The summed E-state index contributed by atoms with van der Waals surface area (Å²) in [5.74, 6) is 1.19. The predicted octanol–water partition coefficient (Wildman–Crippen LogP) is 4.31. The predicted molar refractivity (Wildman–Crippen MR) is 70.8 cm³/mol. The van der Waals surface area contributed by atoms with E-state index >= 15 is 0 Å². The minimum absolute atomic E-state index is 0.238. The summed E-state index contributed by atoms with van der Waals surface area (Å²) in [7, 11) is 0. The molecule has 0 aromatic heterocycles. The molecule has 0 spiro atoms. The number of carbonyl (C=O) groups is 1. The number of Topliss-reactive ketones (excluding diaryl/α,β-unsaturated/α-hetero) is 1. The first-order chi connectivity index (χ1) is 8.08. The molecule has 0 unspecified atom stereocenters. The molecule has 0 radical (unpaired) electrons. The van der Waals surface area contributed by atoms with Gasteiger partial charge in [-0.3, -0.25) is 4.79 Å². The Hall–Kier alpha value is -0.830. The van der Waals surface area contributed by atoms with Crippen molar-refractivity contribution in [2.45, 2.75) is 38.0 Å². The van der Waals surface area contributed by atoms with Gasteiger partial charge in [-0.25, -0.2) is 4.39 Å². The Bertz CT molecular complexity index is 346. The number of rotatable bonds is 7. The molecule has 0 saturated heterocycles. The van der Waals surface area contributed by atoms with Gasteiger partial charge in [-0.2, -0.15) is 0 Å². The van der Waals surface area contributed by atoms with Crippen molar-refractivity contribution in [1.29, 1.82) is 0 Å². The van der Waals surface area contributed by atoms with Gasteiger partial charge in [0.05, 0.1) is 5.75 Å². The molecule has 1 aromatic rings. The van der Waals surface area contributed by atoms with Crippen LogP contribution in [0.5, 0.6) is 0 Å². The topological polar surface area (TPSA) is 17.1 Å². The first-order valence-electron chi connectivity index (χ1n) is 5.98. The maximum absolute atomic E-state index is 12.7. The molecule has 0 atom stereocenters. The molecular formula is C14H19FOS. The maximum atomic E-state index is 12.7. The fourth-order valence-electron chi connectivity index (χ4n) is 1.47. The molecule has 0 fully saturated rings. The van der Waals surface area contributed by atoms with Crippen LogP contribution in [-0.2, 0) is 4.79 Å². The summed E-state index contributed by atoms with van der Waals surface area (Å²) in [6.07, 6.45) is 2.74. The van der Waals surface area contributed by atoms with Gasteiger partial charge in [-0.05, 0) is 36.6 Å². The van der Waals surface area contributed by atoms with Crippen molar-refractivity contribution in [2.24, 2.45) is 5.92 Å². The first kappa shape index (κ1) is 14.2. The Morgan fingerprint density at radius 3 is 2.53 bits per heavy atom. The van der Waals surface area contributed by atoms with Crippen molar-refractivity contribution in [2.75, 3.05) is 5.75 Å². The van der Waals surface area contributed by atoms with Crippen molar-refractivity contribution < 1.29 is 9.18 Å². The van der Waals surface area contributed by atoms with Gasteiger partial charge in [0.25, 0.3) is 0 Å². The quantitative estimate of drug-likeness (QED) is 0.674. The summed E-state index contributed by atoms with van der Waals surface area (Å²) < 4.78 is 12.7. The van der Waals surface area contributed by atoms with Crippen LogP contribution in [0.3, 0.4) is 0 Å². The zero-order valence-corrected chi connectivity index (χ0v) is 11.2. The van der Waals surface area contributed by atoms with Crippen LogP contribution in [0.25, 0.3) is 0 Å². The summed E-state index contributed by atoms with van der Waals surface area (Å²) in [4.78, 5) is 12.5. The van der Waals surface area contributed by atoms with E-state index in [1.165, 1.54) is 23.9 Å². The Morgan fingerprint density at radius 1 is 1.29 bits per heavy atom. The van der Waals surface area contributed by atoms with Gasteiger partial charge < -0.3 is 0 Å². The van der Waals surface area contributed by atoms with Crippen LogP contribution < -0.4 is 0 Å². The lowest BCUT2D eigenvalue weighted by atomic mass is 10.1. The third-order valence-corrected chi connectivity index (χ3v) is 3.52. The second-order valence-corrected chi connectivity index (χ2v) is 5.62. The van der Waals surface area contributed by atoms with E-state index in [0.29, 0.717) is 18.1 Å². The number of hydrogen-bond acceptors (Lipinski definition) is 2. The average Bonchev–Trinajstić information content (AvgIpc) is 2.28. The van der Waals surface area contributed by atoms with E-state index < -0.39 is 0 Å². The summed E-state index contributed by atoms with van der Waals surface area (Å²) in [6.45, 7) is 4.33. The Kier molecular flexibility index (Phi) is 6.27. The normalized spacial score (nSPS) is 10.8. The maximum Gasteiger partial charge on any atom is 0.143 e. The van der Waals surface area contributed by atoms with Crippen molar-refractivity contribution in [3.05, 3.63) is 30.1 Å². The summed E-state index contributed by atoms with van der Waals surface area (Å²) >= 11 is 1.48. The Morgan fingerprint density at radius 2 is 1.94 bits per heavy atom. The van der Waals surface area contributed by atoms with E-state index in [0.717, 1.165) is 17.7 Å². The molecule has 94 valence electrons. The van der Waals surface area contributed by atoms with Crippen LogP contribution in [0.2, 0.25) is 0 Å². The average molecular weight is 254 g/mol. The van der Waals surface area contributed by atoms with Crippen LogP contribution in [-0.4, -0.2) is 11.5 Å². The summed E-state index contributed by atoms with van der Waals surface area (Å²) in [5, 5.41) is 0. The number of benzene rings is 1. The molecule has 0 aliphatic carbocycles. The molecular weight excluding hydrogens is 235 g/mol. The third-order valence-electron chi connectivity index (χ3n) is 2.45. The molecule has 0 N–H and O–H groups in total. The monoisotopic (exact) mass is 254 g/mol.